The van der Waals surface area contributed by atoms with E-state index < -0.39 is 33.7 Å². The predicted molar refractivity (Wildman–Crippen MR) is 74.1 cm³/mol. The van der Waals surface area contributed by atoms with Gasteiger partial charge in [-0.2, -0.15) is 4.31 Å². The van der Waals surface area contributed by atoms with Gasteiger partial charge in [0.1, 0.15) is 10.9 Å². The summed E-state index contributed by atoms with van der Waals surface area (Å²) in [5, 5.41) is 8.84. The third kappa shape index (κ3) is 2.97. The Bertz CT molecular complexity index is 683. The van der Waals surface area contributed by atoms with Crippen LogP contribution in [0, 0.1) is 0 Å². The molecule has 1 fully saturated rings. The lowest BCUT2D eigenvalue weighted by Crippen LogP contribution is -2.50. The highest BCUT2D eigenvalue weighted by molar-refractivity contribution is 9.10. The largest absolute Gasteiger partial charge is 0.475 e. The molecule has 3 N–H and O–H groups in total. The Balaban J connectivity index is 2.45. The molecule has 21 heavy (non-hydrogen) atoms. The molecule has 0 saturated carbocycles. The van der Waals surface area contributed by atoms with Crippen LogP contribution in [0.2, 0.25) is 0 Å². The van der Waals surface area contributed by atoms with Crippen molar-refractivity contribution in [3.63, 3.8) is 0 Å². The topological polar surface area (TPSA) is 131 Å². The lowest BCUT2D eigenvalue weighted by molar-refractivity contribution is -0.122. The minimum absolute atomic E-state index is 0.149. The molecule has 1 unspecified atom stereocenters. The van der Waals surface area contributed by atoms with Crippen molar-refractivity contribution in [2.45, 2.75) is 30.2 Å². The Kier molecular flexibility index (Phi) is 4.40. The first-order valence-electron chi connectivity index (χ1n) is 6.09. The van der Waals surface area contributed by atoms with Crippen LogP contribution in [0.25, 0.3) is 0 Å². The van der Waals surface area contributed by atoms with E-state index in [4.69, 9.17) is 15.3 Å². The first-order valence-corrected chi connectivity index (χ1v) is 8.32. The van der Waals surface area contributed by atoms with E-state index in [2.05, 4.69) is 15.9 Å². The molecule has 2 rings (SSSR count). The average Bonchev–Trinajstić information content (AvgIpc) is 2.81. The van der Waals surface area contributed by atoms with Crippen LogP contribution in [0.4, 0.5) is 0 Å². The molecule has 2 heterocycles. The summed E-state index contributed by atoms with van der Waals surface area (Å²) < 4.78 is 30.8. The molecule has 10 heteroatoms. The van der Waals surface area contributed by atoms with Crippen molar-refractivity contribution in [1.82, 2.24) is 4.31 Å². The molecular formula is C11H13BrN2O6S. The number of piperidine rings is 1. The highest BCUT2D eigenvalue weighted by Gasteiger charge is 2.39. The van der Waals surface area contributed by atoms with Crippen molar-refractivity contribution >= 4 is 37.8 Å². The summed E-state index contributed by atoms with van der Waals surface area (Å²) in [6.07, 6.45) is 1.65. The van der Waals surface area contributed by atoms with Gasteiger partial charge < -0.3 is 15.3 Å². The summed E-state index contributed by atoms with van der Waals surface area (Å²) in [5.41, 5.74) is 5.25. The quantitative estimate of drug-likeness (QED) is 0.792. The number of furan rings is 1. The number of aromatic carboxylic acids is 1. The van der Waals surface area contributed by atoms with Crippen LogP contribution >= 0.6 is 15.9 Å². The Morgan fingerprint density at radius 1 is 1.43 bits per heavy atom. The molecule has 0 bridgehead atoms. The van der Waals surface area contributed by atoms with E-state index in [1.165, 1.54) is 0 Å². The zero-order valence-electron chi connectivity index (χ0n) is 10.8. The van der Waals surface area contributed by atoms with Gasteiger partial charge in [-0.15, -0.1) is 0 Å². The number of nitrogens with two attached hydrogens (primary N) is 1. The Morgan fingerprint density at radius 3 is 2.62 bits per heavy atom. The molecule has 1 aromatic heterocycles. The van der Waals surface area contributed by atoms with E-state index in [9.17, 15) is 18.0 Å². The molecule has 1 aliphatic heterocycles. The third-order valence-corrected chi connectivity index (χ3v) is 6.00. The van der Waals surface area contributed by atoms with Gasteiger partial charge in [-0.3, -0.25) is 4.79 Å². The lowest BCUT2D eigenvalue weighted by Gasteiger charge is -2.32. The van der Waals surface area contributed by atoms with E-state index in [0.717, 1.165) is 10.4 Å². The normalized spacial score (nSPS) is 20.3. The first kappa shape index (κ1) is 16.0. The van der Waals surface area contributed by atoms with Gasteiger partial charge in [0.05, 0.1) is 0 Å². The number of amides is 1. The zero-order valence-corrected chi connectivity index (χ0v) is 13.2. The number of carboxylic acids is 1. The minimum atomic E-state index is -4.07. The molecule has 0 aromatic carbocycles. The molecule has 1 atom stereocenters. The van der Waals surface area contributed by atoms with Crippen LogP contribution < -0.4 is 5.73 Å². The Hall–Kier alpha value is -1.39. The number of carbonyl (C=O) groups excluding carboxylic acids is 1. The summed E-state index contributed by atoms with van der Waals surface area (Å²) in [6.45, 7) is 0.149. The van der Waals surface area contributed by atoms with Crippen LogP contribution in [0.3, 0.4) is 0 Å². The van der Waals surface area contributed by atoms with Gasteiger partial charge in [0.15, 0.2) is 4.67 Å². The van der Waals surface area contributed by atoms with Crippen LogP contribution in [0.1, 0.15) is 29.8 Å². The van der Waals surface area contributed by atoms with Crippen molar-refractivity contribution in [3.8, 4) is 0 Å². The SMILES string of the molecule is NC(=O)C1CCCCN1S(=O)(=O)c1cc(C(=O)O)oc1Br. The molecule has 0 aliphatic carbocycles. The molecule has 1 saturated heterocycles. The third-order valence-electron chi connectivity index (χ3n) is 3.24. The second kappa shape index (κ2) is 5.78. The second-order valence-electron chi connectivity index (χ2n) is 4.58. The molecular weight excluding hydrogens is 368 g/mol. The van der Waals surface area contributed by atoms with Gasteiger partial charge in [0, 0.05) is 12.6 Å². The summed E-state index contributed by atoms with van der Waals surface area (Å²) >= 11 is 2.89. The van der Waals surface area contributed by atoms with E-state index in [0.29, 0.717) is 19.3 Å². The summed E-state index contributed by atoms with van der Waals surface area (Å²) in [7, 11) is -4.07. The van der Waals surface area contributed by atoms with Gasteiger partial charge in [-0.25, -0.2) is 13.2 Å². The van der Waals surface area contributed by atoms with Gasteiger partial charge in [-0.1, -0.05) is 6.42 Å². The second-order valence-corrected chi connectivity index (χ2v) is 7.16. The van der Waals surface area contributed by atoms with Gasteiger partial charge in [0.2, 0.25) is 21.7 Å². The molecule has 1 aliphatic rings. The van der Waals surface area contributed by atoms with E-state index in [-0.39, 0.29) is 16.1 Å². The summed E-state index contributed by atoms with van der Waals surface area (Å²) in [6, 6.07) is -0.0205. The van der Waals surface area contributed by atoms with Crippen LogP contribution in [-0.4, -0.2) is 42.3 Å². The number of hydrogen-bond acceptors (Lipinski definition) is 5. The van der Waals surface area contributed by atoms with Crippen LogP contribution in [0.5, 0.6) is 0 Å². The fourth-order valence-electron chi connectivity index (χ4n) is 2.24. The molecule has 1 amide bonds. The maximum atomic E-state index is 12.6. The van der Waals surface area contributed by atoms with Crippen LogP contribution in [0.15, 0.2) is 20.0 Å². The fraction of sp³-hybridized carbons (Fsp3) is 0.455. The predicted octanol–water partition coefficient (Wildman–Crippen LogP) is 0.769. The Morgan fingerprint density at radius 2 is 2.10 bits per heavy atom. The summed E-state index contributed by atoms with van der Waals surface area (Å²) in [4.78, 5) is 21.9. The highest BCUT2D eigenvalue weighted by atomic mass is 79.9. The standard InChI is InChI=1S/C11H13BrN2O6S/c12-9-8(5-7(20-9)11(16)17)21(18,19)14-4-2-1-3-6(14)10(13)15/h5-6H,1-4H2,(H2,13,15)(H,16,17). The first-order chi connectivity index (χ1) is 9.75. The Labute approximate surface area is 129 Å². The van der Waals surface area contributed by atoms with E-state index in [1.807, 2.05) is 0 Å². The van der Waals surface area contributed by atoms with E-state index in [1.54, 1.807) is 0 Å². The van der Waals surface area contributed by atoms with E-state index >= 15 is 0 Å². The fourth-order valence-corrected chi connectivity index (χ4v) is 4.81. The van der Waals surface area contributed by atoms with Crippen molar-refractivity contribution in [2.24, 2.45) is 5.73 Å². The van der Waals surface area contributed by atoms with Gasteiger partial charge >= 0.3 is 5.97 Å². The molecule has 116 valence electrons. The van der Waals surface area contributed by atoms with Crippen molar-refractivity contribution in [1.29, 1.82) is 0 Å². The van der Waals surface area contributed by atoms with Gasteiger partial charge in [0.25, 0.3) is 0 Å². The maximum absolute atomic E-state index is 12.6. The van der Waals surface area contributed by atoms with Crippen molar-refractivity contribution in [2.75, 3.05) is 6.54 Å². The van der Waals surface area contributed by atoms with Gasteiger partial charge in [-0.05, 0) is 28.8 Å². The van der Waals surface area contributed by atoms with Crippen molar-refractivity contribution < 1.29 is 27.5 Å². The van der Waals surface area contributed by atoms with Crippen LogP contribution in [-0.2, 0) is 14.8 Å². The highest BCUT2D eigenvalue weighted by Crippen LogP contribution is 2.32. The number of rotatable bonds is 4. The molecule has 1 aromatic rings. The average molecular weight is 381 g/mol. The zero-order chi connectivity index (χ0) is 15.8. The van der Waals surface area contributed by atoms with Crippen molar-refractivity contribution in [3.05, 3.63) is 16.5 Å². The number of halogens is 1. The number of carbonyl (C=O) groups is 2. The number of primary amides is 1. The molecule has 0 radical (unpaired) electrons. The number of sulfonamides is 1. The maximum Gasteiger partial charge on any atom is 0.371 e. The minimum Gasteiger partial charge on any atom is -0.475 e. The lowest BCUT2D eigenvalue weighted by atomic mass is 10.0. The molecule has 0 spiro atoms. The number of nitrogens with zero attached hydrogens (tertiary/aromatic N) is 1. The monoisotopic (exact) mass is 380 g/mol. The molecule has 8 nitrogen and oxygen atoms in total. The summed E-state index contributed by atoms with van der Waals surface area (Å²) in [5.74, 6) is -2.62. The smallest absolute Gasteiger partial charge is 0.371 e. The number of carboxylic acid groups (broad SMARTS) is 1. The number of hydrogen-bond donors (Lipinski definition) is 2.